The Morgan fingerprint density at radius 2 is 2.14 bits per heavy atom. The Bertz CT molecular complexity index is 790. The number of aromatic nitrogens is 2. The average molecular weight is 300 g/mol. The van der Waals surface area contributed by atoms with Crippen molar-refractivity contribution < 1.29 is 4.79 Å². The molecular weight excluding hydrogens is 284 g/mol. The molecule has 3 aromatic rings. The number of carbonyl (C=O) groups excluding carboxylic acids is 1. The van der Waals surface area contributed by atoms with E-state index in [4.69, 9.17) is 5.84 Å². The highest BCUT2D eigenvalue weighted by atomic mass is 32.1. The van der Waals surface area contributed by atoms with Gasteiger partial charge < -0.3 is 4.57 Å². The Hall–Kier alpha value is -2.18. The molecule has 6 heteroatoms. The number of hydrogen-bond acceptors (Lipinski definition) is 4. The number of amides is 1. The number of fused-ring (bicyclic) bond motifs is 1. The molecule has 1 amide bonds. The molecule has 0 radical (unpaired) electrons. The van der Waals surface area contributed by atoms with E-state index in [0.29, 0.717) is 11.4 Å². The van der Waals surface area contributed by atoms with Crippen molar-refractivity contribution in [2.75, 3.05) is 0 Å². The third-order valence-corrected chi connectivity index (χ3v) is 4.45. The third-order valence-electron chi connectivity index (χ3n) is 3.38. The maximum Gasteiger partial charge on any atom is 0.275 e. The number of thiophene rings is 1. The second-order valence-corrected chi connectivity index (χ2v) is 5.86. The number of aryl methyl sites for hydroxylation is 1. The van der Waals surface area contributed by atoms with Crippen molar-refractivity contribution in [2.24, 2.45) is 5.84 Å². The van der Waals surface area contributed by atoms with Crippen LogP contribution in [0.2, 0.25) is 0 Å². The van der Waals surface area contributed by atoms with Gasteiger partial charge in [-0.3, -0.25) is 10.2 Å². The highest BCUT2D eigenvalue weighted by Gasteiger charge is 2.12. The van der Waals surface area contributed by atoms with Crippen LogP contribution in [0.3, 0.4) is 0 Å². The van der Waals surface area contributed by atoms with Crippen molar-refractivity contribution in [2.45, 2.75) is 19.9 Å². The zero-order chi connectivity index (χ0) is 14.8. The summed E-state index contributed by atoms with van der Waals surface area (Å²) in [5.41, 5.74) is 4.28. The maximum atomic E-state index is 11.5. The molecule has 1 aromatic carbocycles. The lowest BCUT2D eigenvalue weighted by Gasteiger charge is -2.06. The van der Waals surface area contributed by atoms with Crippen LogP contribution in [0.25, 0.3) is 11.0 Å². The van der Waals surface area contributed by atoms with E-state index >= 15 is 0 Å². The molecule has 108 valence electrons. The SMILES string of the molecule is CCc1nc2ccccc2n1Cc1ccc(C(=O)NN)s1. The predicted octanol–water partition coefficient (Wildman–Crippen LogP) is 2.31. The summed E-state index contributed by atoms with van der Waals surface area (Å²) in [6, 6.07) is 11.9. The van der Waals surface area contributed by atoms with Crippen LogP contribution in [-0.4, -0.2) is 15.5 Å². The molecule has 0 unspecified atom stereocenters. The molecule has 2 heterocycles. The number of nitrogen functional groups attached to an aromatic ring is 1. The van der Waals surface area contributed by atoms with Gasteiger partial charge in [0.2, 0.25) is 0 Å². The number of hydrogen-bond donors (Lipinski definition) is 2. The normalized spacial score (nSPS) is 11.0. The topological polar surface area (TPSA) is 72.9 Å². The van der Waals surface area contributed by atoms with Gasteiger partial charge in [-0.05, 0) is 24.3 Å². The molecule has 0 saturated carbocycles. The van der Waals surface area contributed by atoms with Gasteiger partial charge in [0.15, 0.2) is 0 Å². The van der Waals surface area contributed by atoms with Gasteiger partial charge >= 0.3 is 0 Å². The quantitative estimate of drug-likeness (QED) is 0.441. The number of nitrogens with zero attached hydrogens (tertiary/aromatic N) is 2. The molecule has 0 bridgehead atoms. The largest absolute Gasteiger partial charge is 0.323 e. The second kappa shape index (κ2) is 5.67. The third kappa shape index (κ3) is 2.55. The van der Waals surface area contributed by atoms with Crippen molar-refractivity contribution in [3.63, 3.8) is 0 Å². The van der Waals surface area contributed by atoms with Crippen LogP contribution in [0.5, 0.6) is 0 Å². The Morgan fingerprint density at radius 3 is 2.90 bits per heavy atom. The molecule has 0 aliphatic carbocycles. The molecule has 0 aliphatic rings. The minimum Gasteiger partial charge on any atom is -0.323 e. The number of hydrazine groups is 1. The average Bonchev–Trinajstić information content (AvgIpc) is 3.12. The number of rotatable bonds is 4. The molecule has 0 spiro atoms. The van der Waals surface area contributed by atoms with Gasteiger partial charge in [0.25, 0.3) is 5.91 Å². The van der Waals surface area contributed by atoms with Crippen molar-refractivity contribution in [3.05, 3.63) is 52.0 Å². The summed E-state index contributed by atoms with van der Waals surface area (Å²) < 4.78 is 2.20. The van der Waals surface area contributed by atoms with Gasteiger partial charge in [-0.25, -0.2) is 10.8 Å². The highest BCUT2D eigenvalue weighted by Crippen LogP contribution is 2.22. The van der Waals surface area contributed by atoms with Crippen molar-refractivity contribution >= 4 is 28.3 Å². The smallest absolute Gasteiger partial charge is 0.275 e. The lowest BCUT2D eigenvalue weighted by molar-refractivity contribution is 0.0957. The molecule has 21 heavy (non-hydrogen) atoms. The van der Waals surface area contributed by atoms with E-state index in [1.807, 2.05) is 24.3 Å². The van der Waals surface area contributed by atoms with Gasteiger partial charge in [0.05, 0.1) is 22.5 Å². The zero-order valence-corrected chi connectivity index (χ0v) is 12.5. The summed E-state index contributed by atoms with van der Waals surface area (Å²) in [6.45, 7) is 2.81. The van der Waals surface area contributed by atoms with E-state index in [2.05, 4.69) is 28.0 Å². The fraction of sp³-hybridized carbons (Fsp3) is 0.200. The second-order valence-electron chi connectivity index (χ2n) is 4.70. The first-order valence-electron chi connectivity index (χ1n) is 6.76. The first kappa shape index (κ1) is 13.8. The van der Waals surface area contributed by atoms with E-state index in [9.17, 15) is 4.79 Å². The number of imidazole rings is 1. The fourth-order valence-electron chi connectivity index (χ4n) is 2.38. The highest BCUT2D eigenvalue weighted by molar-refractivity contribution is 7.14. The number of benzene rings is 1. The summed E-state index contributed by atoms with van der Waals surface area (Å²) in [5, 5.41) is 0. The van der Waals surface area contributed by atoms with E-state index in [0.717, 1.165) is 28.2 Å². The predicted molar refractivity (Wildman–Crippen MR) is 84.2 cm³/mol. The maximum absolute atomic E-state index is 11.5. The molecule has 2 aromatic heterocycles. The Labute approximate surface area is 126 Å². The van der Waals surface area contributed by atoms with E-state index in [1.54, 1.807) is 6.07 Å². The van der Waals surface area contributed by atoms with Gasteiger partial charge in [-0.2, -0.15) is 0 Å². The Balaban J connectivity index is 1.97. The Morgan fingerprint density at radius 1 is 1.33 bits per heavy atom. The molecule has 0 saturated heterocycles. The van der Waals surface area contributed by atoms with Crippen LogP contribution >= 0.6 is 11.3 Å². The summed E-state index contributed by atoms with van der Waals surface area (Å²) in [6.07, 6.45) is 0.871. The zero-order valence-electron chi connectivity index (χ0n) is 11.7. The van der Waals surface area contributed by atoms with Crippen LogP contribution < -0.4 is 11.3 Å². The molecule has 0 fully saturated rings. The number of para-hydroxylation sites is 2. The minimum atomic E-state index is -0.252. The molecule has 3 rings (SSSR count). The molecule has 3 N–H and O–H groups in total. The lowest BCUT2D eigenvalue weighted by Crippen LogP contribution is -2.29. The molecule has 5 nitrogen and oxygen atoms in total. The summed E-state index contributed by atoms with van der Waals surface area (Å²) in [4.78, 5) is 17.9. The molecular formula is C15H16N4OS. The van der Waals surface area contributed by atoms with Crippen LogP contribution in [-0.2, 0) is 13.0 Å². The molecule has 0 atom stereocenters. The molecule has 0 aliphatic heterocycles. The van der Waals surface area contributed by atoms with Gasteiger partial charge in [0.1, 0.15) is 5.82 Å². The van der Waals surface area contributed by atoms with Crippen LogP contribution in [0.15, 0.2) is 36.4 Å². The van der Waals surface area contributed by atoms with Crippen LogP contribution in [0.4, 0.5) is 0 Å². The van der Waals surface area contributed by atoms with Gasteiger partial charge in [-0.15, -0.1) is 11.3 Å². The van der Waals surface area contributed by atoms with Crippen molar-refractivity contribution in [1.29, 1.82) is 0 Å². The fourth-order valence-corrected chi connectivity index (χ4v) is 3.28. The number of nitrogens with one attached hydrogen (secondary N) is 1. The summed E-state index contributed by atoms with van der Waals surface area (Å²) in [7, 11) is 0. The van der Waals surface area contributed by atoms with E-state index in [1.165, 1.54) is 11.3 Å². The monoisotopic (exact) mass is 300 g/mol. The number of carbonyl (C=O) groups is 1. The van der Waals surface area contributed by atoms with Crippen molar-refractivity contribution in [3.8, 4) is 0 Å². The first-order valence-corrected chi connectivity index (χ1v) is 7.58. The first-order chi connectivity index (χ1) is 10.2. The standard InChI is InChI=1S/C15H16N4OS/c1-2-14-17-11-5-3-4-6-12(11)19(14)9-10-7-8-13(21-10)15(20)18-16/h3-8H,2,9,16H2,1H3,(H,18,20). The van der Waals surface area contributed by atoms with Gasteiger partial charge in [-0.1, -0.05) is 19.1 Å². The van der Waals surface area contributed by atoms with Crippen LogP contribution in [0, 0.1) is 0 Å². The van der Waals surface area contributed by atoms with Gasteiger partial charge in [0, 0.05) is 11.3 Å². The van der Waals surface area contributed by atoms with Crippen LogP contribution in [0.1, 0.15) is 27.3 Å². The minimum absolute atomic E-state index is 0.252. The summed E-state index contributed by atoms with van der Waals surface area (Å²) >= 11 is 1.45. The van der Waals surface area contributed by atoms with Crippen molar-refractivity contribution in [1.82, 2.24) is 15.0 Å². The lowest BCUT2D eigenvalue weighted by atomic mass is 10.3. The van der Waals surface area contributed by atoms with E-state index < -0.39 is 0 Å². The van der Waals surface area contributed by atoms with E-state index in [-0.39, 0.29) is 5.91 Å². The summed E-state index contributed by atoms with van der Waals surface area (Å²) in [5.74, 6) is 5.96. The Kier molecular flexibility index (Phi) is 3.72. The number of nitrogens with two attached hydrogens (primary N) is 1.